The molecule has 0 heterocycles. The van der Waals surface area contributed by atoms with Crippen LogP contribution >= 0.6 is 0 Å². The van der Waals surface area contributed by atoms with Crippen LogP contribution in [0, 0.1) is 23.3 Å². The van der Waals surface area contributed by atoms with E-state index in [0.29, 0.717) is 6.04 Å². The van der Waals surface area contributed by atoms with Gasteiger partial charge >= 0.3 is 40.0 Å². The summed E-state index contributed by atoms with van der Waals surface area (Å²) >= 11 is -2.50. The number of benzene rings is 4. The molecule has 16 nitrogen and oxygen atoms in total. The zero-order valence-electron chi connectivity index (χ0n) is 46.2. The zero-order valence-corrected chi connectivity index (χ0v) is 53.3. The third kappa shape index (κ3) is 31.5. The molecule has 0 bridgehead atoms. The van der Waals surface area contributed by atoms with Crippen LogP contribution in [-0.4, -0.2) is 73.0 Å². The van der Waals surface area contributed by atoms with Crippen LogP contribution in [-0.2, 0) is 81.9 Å². The van der Waals surface area contributed by atoms with Crippen molar-refractivity contribution in [1.29, 1.82) is 0 Å². The van der Waals surface area contributed by atoms with Crippen LogP contribution in [0.4, 0.5) is 17.6 Å². The Morgan fingerprint density at radius 3 is 1.09 bits per heavy atom. The Bertz CT molecular complexity index is 2930. The number of carboxylic acid groups (broad SMARTS) is 1. The quantitative estimate of drug-likeness (QED) is 0.0750. The minimum atomic E-state index is -4.38. The number of carboxylic acids is 1. The van der Waals surface area contributed by atoms with E-state index in [1.54, 1.807) is 24.3 Å². The first-order valence-electron chi connectivity index (χ1n) is 22.0. The summed E-state index contributed by atoms with van der Waals surface area (Å²) < 4.78 is 173. The summed E-state index contributed by atoms with van der Waals surface area (Å²) in [5.74, 6) is 0.123. The van der Waals surface area contributed by atoms with Gasteiger partial charge in [0.1, 0.15) is 38.0 Å². The predicted molar refractivity (Wildman–Crippen MR) is 280 cm³/mol. The molecule has 0 radical (unpaired) electrons. The van der Waals surface area contributed by atoms with Gasteiger partial charge in [-0.25, -0.2) is 48.0 Å². The Kier molecular flexibility index (Phi) is 32.5. The topological polar surface area (TPSA) is 298 Å². The monoisotopic (exact) mass is 1210 g/mol. The third-order valence-corrected chi connectivity index (χ3v) is 16.5. The number of primary sulfonamides is 1. The summed E-state index contributed by atoms with van der Waals surface area (Å²) in [5.41, 5.74) is 2.32. The summed E-state index contributed by atoms with van der Waals surface area (Å²) in [6.45, 7) is 30.6. The molecule has 0 fully saturated rings. The van der Waals surface area contributed by atoms with Crippen molar-refractivity contribution in [3.05, 3.63) is 118 Å². The first-order chi connectivity index (χ1) is 32.7. The summed E-state index contributed by atoms with van der Waals surface area (Å²) in [6.07, 6.45) is 1.00. The SMILES string of the molecule is CC(=O)[O-].CC(C)(C)c1ccc(S(=O)(=O)CC[Si](C)(C)C)c(F)c1.CC(C)(C)c1ccc(S(=O)[O-])c(F)c1.CC(C)(C)c1ccc(S(C)(=O)=O)c(F)c1.CC(C)(C)c1ccc(S(N)(=O)=O)c(F)c1.NOS(=O)(=O)O.[F-].[Na+]. The van der Waals surface area contributed by atoms with Crippen LogP contribution in [0.25, 0.3) is 0 Å². The molecule has 0 saturated carbocycles. The Hall–Kier alpha value is -3.03. The van der Waals surface area contributed by atoms with Gasteiger partial charge in [-0.15, -0.1) is 0 Å². The molecule has 4 aromatic carbocycles. The van der Waals surface area contributed by atoms with Gasteiger partial charge in [-0.1, -0.05) is 127 Å². The summed E-state index contributed by atoms with van der Waals surface area (Å²) in [5, 5.41) is 13.7. The number of aliphatic carboxylic acids is 1. The number of rotatable bonds is 8. The molecule has 76 heavy (non-hydrogen) atoms. The minimum absolute atomic E-state index is 0. The van der Waals surface area contributed by atoms with Crippen LogP contribution in [0.2, 0.25) is 25.7 Å². The number of hydrogen-bond donors (Lipinski definition) is 3. The average molecular weight is 1210 g/mol. The van der Waals surface area contributed by atoms with Crippen LogP contribution < -0.4 is 50.4 Å². The number of sulfone groups is 2. The maximum Gasteiger partial charge on any atom is 1.00 e. The molecule has 5 N–H and O–H groups in total. The zero-order chi connectivity index (χ0) is 59.2. The van der Waals surface area contributed by atoms with Gasteiger partial charge in [0, 0.05) is 20.3 Å². The van der Waals surface area contributed by atoms with Gasteiger partial charge in [0.2, 0.25) is 10.0 Å². The fourth-order valence-corrected chi connectivity index (χ4v) is 11.4. The molecule has 0 amide bonds. The second kappa shape index (κ2) is 31.1. The number of carbonyl (C=O) groups is 1. The first kappa shape index (κ1) is 79.5. The Morgan fingerprint density at radius 1 is 0.618 bits per heavy atom. The van der Waals surface area contributed by atoms with Crippen molar-refractivity contribution in [2.45, 2.75) is 157 Å². The Balaban J connectivity index is -0.000000428. The molecular weight excluding hydrogens is 1130 g/mol. The summed E-state index contributed by atoms with van der Waals surface area (Å²) in [7, 11) is -16.8. The normalized spacial score (nSPS) is 12.5. The van der Waals surface area contributed by atoms with Crippen LogP contribution in [0.5, 0.6) is 0 Å². The standard InChI is InChI=1S/C15H25FO2SSi.C11H15FO2S.C10H14FNO2S.C10H13FO2S.C2H4O2.FH.H3NO4S.Na/c1-15(2,3)12-7-8-14(13(16)11-12)19(17,18)9-10-20(4,5)6;1-11(2,3)8-5-6-10(9(12)7-8)15(4,13)14;1-10(2,3)7-4-5-9(8(11)6-7)15(12,13)14;1-10(2,3)7-4-5-9(14(12)13)8(11)6-7;1-2(3)4;;1-5-6(2,3)4;/h7-8,11H,9-10H2,1-6H3;5-7H,1-4H3;4-6H,1-3H3,(H2,12,13,14);4-6H,1-3H3,(H,12,13);1H3,(H,3,4);1H;1H2,(H,2,3,4);/q;;;;;;;+1/p-3. The van der Waals surface area contributed by atoms with Gasteiger partial charge in [0.25, 0.3) is 0 Å². The van der Waals surface area contributed by atoms with E-state index in [0.717, 1.165) is 35.4 Å². The van der Waals surface area contributed by atoms with Gasteiger partial charge in [0.05, 0.1) is 10.6 Å². The van der Waals surface area contributed by atoms with Crippen molar-refractivity contribution in [3.8, 4) is 0 Å². The van der Waals surface area contributed by atoms with Crippen LogP contribution in [0.3, 0.4) is 0 Å². The molecule has 0 aromatic heterocycles. The third-order valence-electron chi connectivity index (χ3n) is 9.65. The molecule has 0 aliphatic carbocycles. The second-order valence-electron chi connectivity index (χ2n) is 21.8. The molecule has 0 aliphatic rings. The fraction of sp³-hybridized carbons (Fsp3) is 0.479. The average Bonchev–Trinajstić information content (AvgIpc) is 3.18. The molecule has 1 atom stereocenters. The second-order valence-corrected chi connectivity index (χ2v) is 34.9. The van der Waals surface area contributed by atoms with Crippen molar-refractivity contribution in [3.63, 3.8) is 0 Å². The predicted octanol–water partition coefficient (Wildman–Crippen LogP) is 2.34. The number of carbonyl (C=O) groups excluding carboxylic acids is 1. The van der Waals surface area contributed by atoms with Crippen molar-refractivity contribution < 1.29 is 113 Å². The van der Waals surface area contributed by atoms with Gasteiger partial charge < -0.3 is 19.2 Å². The Labute approximate surface area is 473 Å². The summed E-state index contributed by atoms with van der Waals surface area (Å²) in [4.78, 5) is 7.74. The van der Waals surface area contributed by atoms with E-state index < -0.39 is 93.4 Å². The number of sulfonamides is 1. The first-order valence-corrected chi connectivity index (χ1v) is 33.2. The molecule has 0 aliphatic heterocycles. The largest absolute Gasteiger partial charge is 1.00 e. The van der Waals surface area contributed by atoms with Gasteiger partial charge in [0.15, 0.2) is 19.7 Å². The van der Waals surface area contributed by atoms with Gasteiger partial charge in [-0.2, -0.15) is 18.6 Å². The molecule has 0 saturated heterocycles. The van der Waals surface area contributed by atoms with E-state index in [9.17, 15) is 60.0 Å². The Morgan fingerprint density at radius 2 is 0.882 bits per heavy atom. The smallest absolute Gasteiger partial charge is 1.00 e. The van der Waals surface area contributed by atoms with Crippen molar-refractivity contribution >= 4 is 65.2 Å². The van der Waals surface area contributed by atoms with E-state index in [2.05, 4.69) is 29.8 Å². The van der Waals surface area contributed by atoms with E-state index in [1.807, 2.05) is 83.1 Å². The molecule has 4 aromatic rings. The van der Waals surface area contributed by atoms with Crippen molar-refractivity contribution in [2.75, 3.05) is 12.0 Å². The molecule has 28 heteroatoms. The molecule has 1 unspecified atom stereocenters. The molecule has 0 spiro atoms. The van der Waals surface area contributed by atoms with E-state index in [-0.39, 0.29) is 76.4 Å². The number of nitrogens with two attached hydrogens (primary N) is 2. The van der Waals surface area contributed by atoms with E-state index in [4.69, 9.17) is 19.6 Å². The molecule has 430 valence electrons. The van der Waals surface area contributed by atoms with Crippen molar-refractivity contribution in [1.82, 2.24) is 0 Å². The maximum absolute atomic E-state index is 14.1. The molecule has 4 rings (SSSR count). The van der Waals surface area contributed by atoms with E-state index in [1.165, 1.54) is 48.5 Å². The van der Waals surface area contributed by atoms with Crippen LogP contribution in [0.15, 0.2) is 92.4 Å². The fourth-order valence-electron chi connectivity index (χ4n) is 5.34. The van der Waals surface area contributed by atoms with E-state index >= 15 is 0 Å². The number of halogens is 5. The number of hydrogen-bond acceptors (Lipinski definition) is 14. The van der Waals surface area contributed by atoms with Crippen molar-refractivity contribution in [2.24, 2.45) is 11.0 Å². The minimum Gasteiger partial charge on any atom is -1.00 e. The van der Waals surface area contributed by atoms with Crippen LogP contribution in [0.1, 0.15) is 112 Å². The van der Waals surface area contributed by atoms with Gasteiger partial charge in [-0.3, -0.25) is 8.76 Å². The molecular formula is C48H72F5N2NaO14S5Si-2. The van der Waals surface area contributed by atoms with Gasteiger partial charge in [-0.05, 0) is 116 Å². The maximum atomic E-state index is 14.1. The summed E-state index contributed by atoms with van der Waals surface area (Å²) in [6, 6.07) is 17.6.